The highest BCUT2D eigenvalue weighted by atomic mass is 35.5. The van der Waals surface area contributed by atoms with Gasteiger partial charge >= 0.3 is 0 Å². The Bertz CT molecular complexity index is 628. The number of halogens is 1. The predicted octanol–water partition coefficient (Wildman–Crippen LogP) is 4.38. The molecule has 1 heterocycles. The fourth-order valence-electron chi connectivity index (χ4n) is 2.57. The number of thiophene rings is 1. The Labute approximate surface area is 127 Å². The molecule has 2 nitrogen and oxygen atoms in total. The molecule has 0 unspecified atom stereocenters. The first-order valence-electron chi connectivity index (χ1n) is 6.81. The molecule has 0 spiro atoms. The van der Waals surface area contributed by atoms with Crippen molar-refractivity contribution < 1.29 is 4.79 Å². The van der Waals surface area contributed by atoms with Crippen molar-refractivity contribution in [3.63, 3.8) is 0 Å². The molecule has 1 atom stereocenters. The van der Waals surface area contributed by atoms with E-state index in [2.05, 4.69) is 5.32 Å². The fourth-order valence-corrected chi connectivity index (χ4v) is 3.92. The van der Waals surface area contributed by atoms with E-state index >= 15 is 0 Å². The summed E-state index contributed by atoms with van der Waals surface area (Å²) in [6.45, 7) is 1.98. The zero-order valence-corrected chi connectivity index (χ0v) is 12.9. The highest BCUT2D eigenvalue weighted by Gasteiger charge is 2.19. The molecule has 1 aliphatic rings. The zero-order valence-electron chi connectivity index (χ0n) is 11.3. The van der Waals surface area contributed by atoms with E-state index in [4.69, 9.17) is 11.6 Å². The second-order valence-electron chi connectivity index (χ2n) is 5.16. The minimum absolute atomic E-state index is 0.0110. The van der Waals surface area contributed by atoms with Crippen LogP contribution in [0.4, 0.5) is 0 Å². The number of carbonyl (C=O) groups excluding carboxylic acids is 1. The second-order valence-corrected chi connectivity index (χ2v) is 6.74. The van der Waals surface area contributed by atoms with Crippen LogP contribution in [0.1, 0.15) is 45.1 Å². The number of carbonyl (C=O) groups is 1. The van der Waals surface area contributed by atoms with Crippen molar-refractivity contribution in [3.05, 3.63) is 56.2 Å². The van der Waals surface area contributed by atoms with Gasteiger partial charge in [-0.1, -0.05) is 23.7 Å². The lowest BCUT2D eigenvalue weighted by atomic mass is 10.1. The third kappa shape index (κ3) is 2.74. The second kappa shape index (κ2) is 5.58. The first-order chi connectivity index (χ1) is 9.63. The number of hydrogen-bond acceptors (Lipinski definition) is 2. The zero-order chi connectivity index (χ0) is 14.1. The minimum atomic E-state index is -0.0434. The van der Waals surface area contributed by atoms with Crippen LogP contribution in [0, 0.1) is 0 Å². The van der Waals surface area contributed by atoms with E-state index in [9.17, 15) is 4.79 Å². The SMILES string of the molecule is C[C@H](NC(=O)c1cc2c(s1)CCC2)c1cccc(Cl)c1. The van der Waals surface area contributed by atoms with E-state index in [0.717, 1.165) is 23.3 Å². The van der Waals surface area contributed by atoms with Gasteiger partial charge in [0.05, 0.1) is 10.9 Å². The van der Waals surface area contributed by atoms with Crippen LogP contribution in [0.15, 0.2) is 30.3 Å². The van der Waals surface area contributed by atoms with Gasteiger partial charge in [0.25, 0.3) is 5.91 Å². The Morgan fingerprint density at radius 3 is 2.95 bits per heavy atom. The van der Waals surface area contributed by atoms with Gasteiger partial charge in [0.2, 0.25) is 0 Å². The van der Waals surface area contributed by atoms with Gasteiger partial charge in [0.15, 0.2) is 0 Å². The van der Waals surface area contributed by atoms with Crippen LogP contribution in [-0.2, 0) is 12.8 Å². The van der Waals surface area contributed by atoms with Crippen molar-refractivity contribution in [1.29, 1.82) is 0 Å². The quantitative estimate of drug-likeness (QED) is 0.895. The van der Waals surface area contributed by atoms with Crippen LogP contribution in [-0.4, -0.2) is 5.91 Å². The molecule has 3 rings (SSSR count). The van der Waals surface area contributed by atoms with Crippen molar-refractivity contribution in [2.24, 2.45) is 0 Å². The Kier molecular flexibility index (Phi) is 3.81. The largest absolute Gasteiger partial charge is 0.345 e. The third-order valence-electron chi connectivity index (χ3n) is 3.67. The van der Waals surface area contributed by atoms with Gasteiger partial charge in [-0.25, -0.2) is 0 Å². The third-order valence-corrected chi connectivity index (χ3v) is 5.14. The number of rotatable bonds is 3. The van der Waals surface area contributed by atoms with Gasteiger partial charge in [-0.15, -0.1) is 11.3 Å². The molecule has 0 radical (unpaired) electrons. The summed E-state index contributed by atoms with van der Waals surface area (Å²) >= 11 is 7.61. The lowest BCUT2D eigenvalue weighted by Gasteiger charge is -2.14. The molecule has 104 valence electrons. The number of benzene rings is 1. The van der Waals surface area contributed by atoms with Crippen LogP contribution < -0.4 is 5.32 Å². The van der Waals surface area contributed by atoms with Crippen molar-refractivity contribution in [2.45, 2.75) is 32.2 Å². The van der Waals surface area contributed by atoms with Gasteiger partial charge in [0, 0.05) is 9.90 Å². The maximum absolute atomic E-state index is 12.3. The standard InChI is InChI=1S/C16H16ClNOS/c1-10(11-4-2-6-13(17)8-11)18-16(19)15-9-12-5-3-7-14(12)20-15/h2,4,6,8-10H,3,5,7H2,1H3,(H,18,19)/t10-/m0/s1. The van der Waals surface area contributed by atoms with Crippen molar-refractivity contribution in [1.82, 2.24) is 5.32 Å². The van der Waals surface area contributed by atoms with E-state index in [1.54, 1.807) is 11.3 Å². The van der Waals surface area contributed by atoms with Crippen LogP contribution >= 0.6 is 22.9 Å². The minimum Gasteiger partial charge on any atom is -0.345 e. The molecular weight excluding hydrogens is 290 g/mol. The molecule has 1 N–H and O–H groups in total. The highest BCUT2D eigenvalue weighted by Crippen LogP contribution is 2.30. The average Bonchev–Trinajstić information content (AvgIpc) is 2.99. The monoisotopic (exact) mass is 305 g/mol. The highest BCUT2D eigenvalue weighted by molar-refractivity contribution is 7.14. The molecule has 0 saturated heterocycles. The summed E-state index contributed by atoms with van der Waals surface area (Å²) in [6, 6.07) is 9.61. The van der Waals surface area contributed by atoms with E-state index in [1.807, 2.05) is 37.3 Å². The Balaban J connectivity index is 1.72. The lowest BCUT2D eigenvalue weighted by molar-refractivity contribution is 0.0944. The Morgan fingerprint density at radius 2 is 2.20 bits per heavy atom. The summed E-state index contributed by atoms with van der Waals surface area (Å²) < 4.78 is 0. The average molecular weight is 306 g/mol. The molecule has 0 aliphatic heterocycles. The Hall–Kier alpha value is -1.32. The number of fused-ring (bicyclic) bond motifs is 1. The summed E-state index contributed by atoms with van der Waals surface area (Å²) in [7, 11) is 0. The first kappa shape index (κ1) is 13.7. The van der Waals surface area contributed by atoms with Gasteiger partial charge in [-0.2, -0.15) is 0 Å². The van der Waals surface area contributed by atoms with E-state index in [-0.39, 0.29) is 11.9 Å². The van der Waals surface area contributed by atoms with E-state index in [1.165, 1.54) is 16.9 Å². The van der Waals surface area contributed by atoms with Gasteiger partial charge in [0.1, 0.15) is 0 Å². The van der Waals surface area contributed by atoms with E-state index < -0.39 is 0 Å². The predicted molar refractivity (Wildman–Crippen MR) is 83.7 cm³/mol. The molecular formula is C16H16ClNOS. The van der Waals surface area contributed by atoms with Crippen LogP contribution in [0.2, 0.25) is 5.02 Å². The molecule has 0 fully saturated rings. The van der Waals surface area contributed by atoms with Gasteiger partial charge in [-0.3, -0.25) is 4.79 Å². The van der Waals surface area contributed by atoms with Crippen molar-refractivity contribution in [2.75, 3.05) is 0 Å². The van der Waals surface area contributed by atoms with Crippen LogP contribution in [0.25, 0.3) is 0 Å². The van der Waals surface area contributed by atoms with Crippen LogP contribution in [0.3, 0.4) is 0 Å². The summed E-state index contributed by atoms with van der Waals surface area (Å²) in [5, 5.41) is 3.73. The molecule has 20 heavy (non-hydrogen) atoms. The van der Waals surface area contributed by atoms with Crippen molar-refractivity contribution in [3.8, 4) is 0 Å². The summed E-state index contributed by atoms with van der Waals surface area (Å²) in [5.41, 5.74) is 2.38. The van der Waals surface area contributed by atoms with E-state index in [0.29, 0.717) is 5.02 Å². The Morgan fingerprint density at radius 1 is 1.35 bits per heavy atom. The normalized spacial score (nSPS) is 14.9. The molecule has 4 heteroatoms. The van der Waals surface area contributed by atoms with Gasteiger partial charge in [-0.05, 0) is 55.5 Å². The molecule has 2 aromatic rings. The summed E-state index contributed by atoms with van der Waals surface area (Å²) in [4.78, 5) is 14.5. The maximum Gasteiger partial charge on any atom is 0.261 e. The smallest absolute Gasteiger partial charge is 0.261 e. The van der Waals surface area contributed by atoms with Gasteiger partial charge < -0.3 is 5.32 Å². The number of hydrogen-bond donors (Lipinski definition) is 1. The summed E-state index contributed by atoms with van der Waals surface area (Å²) in [5.74, 6) is 0.0110. The topological polar surface area (TPSA) is 29.1 Å². The molecule has 1 aromatic heterocycles. The van der Waals surface area contributed by atoms with Crippen LogP contribution in [0.5, 0.6) is 0 Å². The lowest BCUT2D eigenvalue weighted by Crippen LogP contribution is -2.25. The fraction of sp³-hybridized carbons (Fsp3) is 0.312. The maximum atomic E-state index is 12.3. The molecule has 1 aliphatic carbocycles. The molecule has 1 amide bonds. The molecule has 0 bridgehead atoms. The summed E-state index contributed by atoms with van der Waals surface area (Å²) in [6.07, 6.45) is 3.46. The molecule has 0 saturated carbocycles. The number of aryl methyl sites for hydroxylation is 2. The number of nitrogens with one attached hydrogen (secondary N) is 1. The number of amides is 1. The first-order valence-corrected chi connectivity index (χ1v) is 8.01. The van der Waals surface area contributed by atoms with Crippen molar-refractivity contribution >= 4 is 28.8 Å². The molecule has 1 aromatic carbocycles.